The fraction of sp³-hybridized carbons (Fsp3) is 0.500. The molecule has 16 heavy (non-hydrogen) atoms. The van der Waals surface area contributed by atoms with Gasteiger partial charge in [0.05, 0.1) is 0 Å². The maximum absolute atomic E-state index is 4.28. The SMILES string of the molecule is CNC(C)CNc1cc(C)nc2ncnn12. The number of fused-ring (bicyclic) bond motifs is 1. The molecule has 0 fully saturated rings. The van der Waals surface area contributed by atoms with Crippen molar-refractivity contribution in [1.29, 1.82) is 0 Å². The van der Waals surface area contributed by atoms with Crippen LogP contribution in [0.4, 0.5) is 5.82 Å². The van der Waals surface area contributed by atoms with Gasteiger partial charge in [0, 0.05) is 24.3 Å². The van der Waals surface area contributed by atoms with Gasteiger partial charge < -0.3 is 10.6 Å². The normalized spacial score (nSPS) is 12.9. The highest BCUT2D eigenvalue weighted by molar-refractivity contribution is 5.44. The highest BCUT2D eigenvalue weighted by Gasteiger charge is 2.05. The summed E-state index contributed by atoms with van der Waals surface area (Å²) in [5.74, 6) is 1.54. The van der Waals surface area contributed by atoms with Crippen LogP contribution in [-0.4, -0.2) is 39.2 Å². The molecule has 0 aliphatic heterocycles. The fourth-order valence-corrected chi connectivity index (χ4v) is 1.42. The van der Waals surface area contributed by atoms with E-state index in [9.17, 15) is 0 Å². The summed E-state index contributed by atoms with van der Waals surface area (Å²) in [5, 5.41) is 10.6. The van der Waals surface area contributed by atoms with Gasteiger partial charge in [0.25, 0.3) is 5.78 Å². The number of likely N-dealkylation sites (N-methyl/N-ethyl adjacent to an activating group) is 1. The van der Waals surface area contributed by atoms with Crippen LogP contribution in [0.3, 0.4) is 0 Å². The third-order valence-electron chi connectivity index (χ3n) is 2.46. The van der Waals surface area contributed by atoms with E-state index in [1.807, 2.05) is 20.0 Å². The lowest BCUT2D eigenvalue weighted by Crippen LogP contribution is -2.29. The number of aromatic nitrogens is 4. The van der Waals surface area contributed by atoms with Crippen LogP contribution >= 0.6 is 0 Å². The predicted octanol–water partition coefficient (Wildman–Crippen LogP) is 0.453. The number of rotatable bonds is 4. The summed E-state index contributed by atoms with van der Waals surface area (Å²) in [5.41, 5.74) is 0.931. The number of hydrogen-bond acceptors (Lipinski definition) is 5. The first-order valence-electron chi connectivity index (χ1n) is 5.29. The highest BCUT2D eigenvalue weighted by Crippen LogP contribution is 2.09. The zero-order chi connectivity index (χ0) is 11.5. The van der Waals surface area contributed by atoms with E-state index in [-0.39, 0.29) is 0 Å². The minimum absolute atomic E-state index is 0.395. The third kappa shape index (κ3) is 2.11. The maximum Gasteiger partial charge on any atom is 0.254 e. The molecule has 0 amide bonds. The summed E-state index contributed by atoms with van der Waals surface area (Å²) < 4.78 is 1.70. The van der Waals surface area contributed by atoms with E-state index in [0.717, 1.165) is 18.1 Å². The number of hydrogen-bond donors (Lipinski definition) is 2. The minimum atomic E-state index is 0.395. The first kappa shape index (κ1) is 10.8. The quantitative estimate of drug-likeness (QED) is 0.783. The van der Waals surface area contributed by atoms with Gasteiger partial charge in [0.1, 0.15) is 12.1 Å². The molecule has 86 valence electrons. The van der Waals surface area contributed by atoms with Crippen molar-refractivity contribution in [2.24, 2.45) is 0 Å². The van der Waals surface area contributed by atoms with Gasteiger partial charge in [-0.05, 0) is 20.9 Å². The van der Waals surface area contributed by atoms with Crippen LogP contribution in [0.25, 0.3) is 5.78 Å². The molecule has 6 nitrogen and oxygen atoms in total. The molecule has 2 heterocycles. The van der Waals surface area contributed by atoms with Gasteiger partial charge in [-0.1, -0.05) is 0 Å². The lowest BCUT2D eigenvalue weighted by atomic mass is 10.3. The summed E-state index contributed by atoms with van der Waals surface area (Å²) in [4.78, 5) is 8.35. The van der Waals surface area contributed by atoms with Crippen LogP contribution in [0.2, 0.25) is 0 Å². The third-order valence-corrected chi connectivity index (χ3v) is 2.46. The minimum Gasteiger partial charge on any atom is -0.368 e. The summed E-state index contributed by atoms with van der Waals surface area (Å²) >= 11 is 0. The van der Waals surface area contributed by atoms with Crippen LogP contribution in [0.5, 0.6) is 0 Å². The van der Waals surface area contributed by atoms with E-state index < -0.39 is 0 Å². The largest absolute Gasteiger partial charge is 0.368 e. The van der Waals surface area contributed by atoms with Gasteiger partial charge in [0.2, 0.25) is 0 Å². The van der Waals surface area contributed by atoms with Crippen molar-refractivity contribution < 1.29 is 0 Å². The standard InChI is InChI=1S/C10H16N6/c1-7-4-9(12-5-8(2)11-3)16-10(15-7)13-6-14-16/h4,6,8,11-12H,5H2,1-3H3. The van der Waals surface area contributed by atoms with Gasteiger partial charge in [-0.15, -0.1) is 0 Å². The molecule has 2 aromatic rings. The van der Waals surface area contributed by atoms with Gasteiger partial charge in [0.15, 0.2) is 0 Å². The Morgan fingerprint density at radius 2 is 2.31 bits per heavy atom. The average molecular weight is 220 g/mol. The second kappa shape index (κ2) is 4.44. The van der Waals surface area contributed by atoms with Crippen molar-refractivity contribution >= 4 is 11.6 Å². The Hall–Kier alpha value is -1.69. The first-order valence-corrected chi connectivity index (χ1v) is 5.29. The molecule has 0 aliphatic rings. The fourth-order valence-electron chi connectivity index (χ4n) is 1.42. The summed E-state index contributed by atoms with van der Waals surface area (Å²) in [7, 11) is 1.94. The van der Waals surface area contributed by atoms with Gasteiger partial charge in [-0.2, -0.15) is 14.6 Å². The number of nitrogens with one attached hydrogen (secondary N) is 2. The maximum atomic E-state index is 4.28. The van der Waals surface area contributed by atoms with E-state index in [4.69, 9.17) is 0 Å². The highest BCUT2D eigenvalue weighted by atomic mass is 15.4. The first-order chi connectivity index (χ1) is 7.70. The number of anilines is 1. The van der Waals surface area contributed by atoms with Crippen LogP contribution < -0.4 is 10.6 Å². The van der Waals surface area contributed by atoms with Crippen LogP contribution in [-0.2, 0) is 0 Å². The van der Waals surface area contributed by atoms with E-state index in [0.29, 0.717) is 11.8 Å². The number of nitrogens with zero attached hydrogens (tertiary/aromatic N) is 4. The molecule has 1 unspecified atom stereocenters. The van der Waals surface area contributed by atoms with Crippen molar-refractivity contribution in [3.63, 3.8) is 0 Å². The van der Waals surface area contributed by atoms with E-state index in [1.54, 1.807) is 4.52 Å². The molecule has 2 N–H and O–H groups in total. The van der Waals surface area contributed by atoms with Crippen LogP contribution in [0.15, 0.2) is 12.4 Å². The van der Waals surface area contributed by atoms with Crippen molar-refractivity contribution in [3.05, 3.63) is 18.1 Å². The molecule has 0 saturated heterocycles. The molecule has 0 bridgehead atoms. The molecular formula is C10H16N6. The van der Waals surface area contributed by atoms with Gasteiger partial charge in [-0.25, -0.2) is 4.98 Å². The molecule has 0 aromatic carbocycles. The molecule has 2 aromatic heterocycles. The van der Waals surface area contributed by atoms with Crippen LogP contribution in [0, 0.1) is 6.92 Å². The number of aryl methyl sites for hydroxylation is 1. The zero-order valence-corrected chi connectivity index (χ0v) is 9.73. The van der Waals surface area contributed by atoms with Gasteiger partial charge >= 0.3 is 0 Å². The Morgan fingerprint density at radius 3 is 3.06 bits per heavy atom. The molecule has 0 radical (unpaired) electrons. The Morgan fingerprint density at radius 1 is 1.50 bits per heavy atom. The van der Waals surface area contributed by atoms with Crippen molar-refractivity contribution in [2.45, 2.75) is 19.9 Å². The van der Waals surface area contributed by atoms with E-state index >= 15 is 0 Å². The Balaban J connectivity index is 2.25. The Kier molecular flexibility index (Phi) is 3.00. The van der Waals surface area contributed by atoms with Crippen molar-refractivity contribution in [1.82, 2.24) is 24.9 Å². The van der Waals surface area contributed by atoms with E-state index in [2.05, 4.69) is 32.6 Å². The van der Waals surface area contributed by atoms with Crippen molar-refractivity contribution in [2.75, 3.05) is 18.9 Å². The summed E-state index contributed by atoms with van der Waals surface area (Å²) in [6.07, 6.45) is 1.51. The predicted molar refractivity (Wildman–Crippen MR) is 62.5 cm³/mol. The second-order valence-electron chi connectivity index (χ2n) is 3.83. The smallest absolute Gasteiger partial charge is 0.254 e. The second-order valence-corrected chi connectivity index (χ2v) is 3.83. The van der Waals surface area contributed by atoms with E-state index in [1.165, 1.54) is 6.33 Å². The molecule has 0 spiro atoms. The molecular weight excluding hydrogens is 204 g/mol. The Labute approximate surface area is 94.1 Å². The van der Waals surface area contributed by atoms with Crippen LogP contribution in [0.1, 0.15) is 12.6 Å². The monoisotopic (exact) mass is 220 g/mol. The summed E-state index contributed by atoms with van der Waals surface area (Å²) in [6, 6.07) is 2.36. The molecule has 1 atom stereocenters. The molecule has 0 saturated carbocycles. The topological polar surface area (TPSA) is 67.1 Å². The lowest BCUT2D eigenvalue weighted by Gasteiger charge is -2.13. The average Bonchev–Trinajstić information content (AvgIpc) is 2.73. The molecule has 0 aliphatic carbocycles. The Bertz CT molecular complexity index is 477. The molecule has 6 heteroatoms. The van der Waals surface area contributed by atoms with Crippen molar-refractivity contribution in [3.8, 4) is 0 Å². The zero-order valence-electron chi connectivity index (χ0n) is 9.73. The molecule has 2 rings (SSSR count). The lowest BCUT2D eigenvalue weighted by molar-refractivity contribution is 0.635. The summed E-state index contributed by atoms with van der Waals surface area (Å²) in [6.45, 7) is 4.88. The van der Waals surface area contributed by atoms with Gasteiger partial charge in [-0.3, -0.25) is 0 Å².